The van der Waals surface area contributed by atoms with Gasteiger partial charge in [0.25, 0.3) is 6.71 Å². The number of hydrogen-bond donors (Lipinski definition) is 0. The topological polar surface area (TPSA) is 6.48 Å². The van der Waals surface area contributed by atoms with Crippen LogP contribution in [0.25, 0.3) is 41.4 Å². The lowest BCUT2D eigenvalue weighted by Gasteiger charge is -2.43. The fraction of sp³-hybridized carbons (Fsp3) is 0.241. The van der Waals surface area contributed by atoms with Crippen LogP contribution in [0.4, 0.5) is 34.1 Å². The number of rotatable bonds is 4. The van der Waals surface area contributed by atoms with Crippen LogP contribution in [-0.2, 0) is 22.7 Å². The summed E-state index contributed by atoms with van der Waals surface area (Å²) in [5.74, 6) is 0. The van der Waals surface area contributed by atoms with Crippen LogP contribution in [0, 0.1) is 0 Å². The SMILES string of the molecule is CCc1ccc2c(c1)B1c3sc4ccc(C(C)(C)C)cc4c3N(c3ccc(C(C)(C)C)cc3)c3cccc(c31)N2c1ccc(C(C)(C)C)cc1-c1ccc2sc3ccccc3c2c1. The number of benzene rings is 7. The Morgan fingerprint density at radius 3 is 1.83 bits per heavy atom. The number of nitrogens with zero attached hydrogens (tertiary/aromatic N) is 2. The van der Waals surface area contributed by atoms with E-state index in [9.17, 15) is 0 Å². The summed E-state index contributed by atoms with van der Waals surface area (Å²) in [7, 11) is 0. The smallest absolute Gasteiger partial charge is 0.264 e. The maximum absolute atomic E-state index is 2.61. The summed E-state index contributed by atoms with van der Waals surface area (Å²) in [6.07, 6.45) is 0.981. The van der Waals surface area contributed by atoms with E-state index in [-0.39, 0.29) is 23.0 Å². The average molecular weight is 855 g/mol. The van der Waals surface area contributed by atoms with Crippen LogP contribution in [0.2, 0.25) is 0 Å². The largest absolute Gasteiger partial charge is 0.311 e. The van der Waals surface area contributed by atoms with E-state index in [2.05, 4.69) is 219 Å². The van der Waals surface area contributed by atoms with E-state index in [0.29, 0.717) is 0 Å². The van der Waals surface area contributed by atoms with E-state index in [1.165, 1.54) is 113 Å². The highest BCUT2D eigenvalue weighted by Gasteiger charge is 2.45. The van der Waals surface area contributed by atoms with Gasteiger partial charge in [-0.15, -0.1) is 22.7 Å². The van der Waals surface area contributed by atoms with Gasteiger partial charge in [0.1, 0.15) is 0 Å². The fourth-order valence-corrected chi connectivity index (χ4v) is 12.5. The van der Waals surface area contributed by atoms with Crippen molar-refractivity contribution in [2.45, 2.75) is 91.9 Å². The van der Waals surface area contributed by atoms with Crippen LogP contribution >= 0.6 is 22.7 Å². The maximum atomic E-state index is 2.61. The van der Waals surface area contributed by atoms with Crippen LogP contribution in [0.15, 0.2) is 140 Å². The molecule has 0 amide bonds. The van der Waals surface area contributed by atoms with Crippen molar-refractivity contribution >= 4 is 109 Å². The molecule has 2 aliphatic rings. The molecule has 312 valence electrons. The molecule has 63 heavy (non-hydrogen) atoms. The van der Waals surface area contributed by atoms with E-state index in [1.54, 1.807) is 0 Å². The fourth-order valence-electron chi connectivity index (χ4n) is 10.1. The number of thiophene rings is 2. The predicted octanol–water partition coefficient (Wildman–Crippen LogP) is 15.5. The van der Waals surface area contributed by atoms with Gasteiger partial charge in [0, 0.05) is 63.3 Å². The summed E-state index contributed by atoms with van der Waals surface area (Å²) < 4.78 is 5.42. The predicted molar refractivity (Wildman–Crippen MR) is 280 cm³/mol. The second-order valence-electron chi connectivity index (χ2n) is 20.9. The van der Waals surface area contributed by atoms with Crippen molar-refractivity contribution in [2.24, 2.45) is 0 Å². The van der Waals surface area contributed by atoms with Crippen LogP contribution in [-0.4, -0.2) is 6.71 Å². The molecular formula is C58H55BN2S2. The Labute approximate surface area is 381 Å². The first kappa shape index (κ1) is 40.2. The quantitative estimate of drug-likeness (QED) is 0.163. The second-order valence-corrected chi connectivity index (χ2v) is 23.1. The minimum Gasteiger partial charge on any atom is -0.311 e. The van der Waals surface area contributed by atoms with Crippen LogP contribution in [0.3, 0.4) is 0 Å². The molecule has 0 saturated heterocycles. The first-order valence-electron chi connectivity index (χ1n) is 22.7. The highest BCUT2D eigenvalue weighted by atomic mass is 32.1. The molecule has 4 heterocycles. The Morgan fingerprint density at radius 2 is 1.10 bits per heavy atom. The molecule has 0 aliphatic carbocycles. The van der Waals surface area contributed by atoms with Crippen molar-refractivity contribution in [1.29, 1.82) is 0 Å². The molecule has 0 saturated carbocycles. The van der Waals surface area contributed by atoms with Gasteiger partial charge >= 0.3 is 0 Å². The van der Waals surface area contributed by atoms with Crippen LogP contribution < -0.4 is 25.5 Å². The summed E-state index contributed by atoms with van der Waals surface area (Å²) in [4.78, 5) is 5.22. The van der Waals surface area contributed by atoms with Gasteiger partial charge in [0.05, 0.1) is 11.4 Å². The molecule has 0 radical (unpaired) electrons. The van der Waals surface area contributed by atoms with E-state index in [4.69, 9.17) is 0 Å². The summed E-state index contributed by atoms with van der Waals surface area (Å²) in [6, 6.07) is 54.3. The molecule has 9 aromatic rings. The number of anilines is 6. The zero-order chi connectivity index (χ0) is 43.7. The Kier molecular flexibility index (Phi) is 9.05. The molecule has 0 spiro atoms. The summed E-state index contributed by atoms with van der Waals surface area (Å²) >= 11 is 3.87. The van der Waals surface area contributed by atoms with Gasteiger partial charge < -0.3 is 9.80 Å². The Morgan fingerprint density at radius 1 is 0.476 bits per heavy atom. The van der Waals surface area contributed by atoms with Crippen molar-refractivity contribution in [2.75, 3.05) is 9.80 Å². The van der Waals surface area contributed by atoms with Crippen molar-refractivity contribution in [3.8, 4) is 11.1 Å². The third-order valence-electron chi connectivity index (χ3n) is 13.7. The monoisotopic (exact) mass is 854 g/mol. The molecular weight excluding hydrogens is 800 g/mol. The number of hydrogen-bond acceptors (Lipinski definition) is 4. The second kappa shape index (κ2) is 14.2. The highest BCUT2D eigenvalue weighted by molar-refractivity contribution is 7.33. The minimum absolute atomic E-state index is 0.0211. The molecule has 2 nitrogen and oxygen atoms in total. The van der Waals surface area contributed by atoms with Gasteiger partial charge in [-0.2, -0.15) is 0 Å². The molecule has 0 fully saturated rings. The highest BCUT2D eigenvalue weighted by Crippen LogP contribution is 2.50. The van der Waals surface area contributed by atoms with Gasteiger partial charge in [0.2, 0.25) is 0 Å². The van der Waals surface area contributed by atoms with E-state index in [1.807, 2.05) is 22.7 Å². The van der Waals surface area contributed by atoms with Crippen molar-refractivity contribution in [3.63, 3.8) is 0 Å². The van der Waals surface area contributed by atoms with Gasteiger partial charge in [-0.25, -0.2) is 0 Å². The van der Waals surface area contributed by atoms with Crippen molar-refractivity contribution < 1.29 is 0 Å². The van der Waals surface area contributed by atoms with E-state index in [0.717, 1.165) is 6.42 Å². The summed E-state index contributed by atoms with van der Waals surface area (Å²) in [5.41, 5.74) is 18.2. The molecule has 0 atom stereocenters. The Hall–Kier alpha value is -5.62. The molecule has 11 rings (SSSR count). The zero-order valence-corrected chi connectivity index (χ0v) is 39.9. The average Bonchev–Trinajstić information content (AvgIpc) is 3.83. The van der Waals surface area contributed by atoms with Crippen molar-refractivity contribution in [1.82, 2.24) is 0 Å². The lowest BCUT2D eigenvalue weighted by Crippen LogP contribution is -2.60. The number of aryl methyl sites for hydroxylation is 1. The van der Waals surface area contributed by atoms with Gasteiger partial charge in [-0.1, -0.05) is 136 Å². The van der Waals surface area contributed by atoms with Crippen LogP contribution in [0.5, 0.6) is 0 Å². The van der Waals surface area contributed by atoms with Crippen molar-refractivity contribution in [3.05, 3.63) is 162 Å². The molecule has 5 heteroatoms. The minimum atomic E-state index is -0.0211. The lowest BCUT2D eigenvalue weighted by atomic mass is 9.36. The Balaban J connectivity index is 1.21. The molecule has 2 aliphatic heterocycles. The molecule has 7 aromatic carbocycles. The Bertz CT molecular complexity index is 3290. The molecule has 0 N–H and O–H groups in total. The van der Waals surface area contributed by atoms with Crippen LogP contribution in [0.1, 0.15) is 91.5 Å². The van der Waals surface area contributed by atoms with Gasteiger partial charge in [-0.3, -0.25) is 0 Å². The third-order valence-corrected chi connectivity index (χ3v) is 16.1. The van der Waals surface area contributed by atoms with Gasteiger partial charge in [0.15, 0.2) is 0 Å². The summed E-state index contributed by atoms with van der Waals surface area (Å²) in [5, 5.41) is 3.99. The third kappa shape index (κ3) is 6.40. The lowest BCUT2D eigenvalue weighted by molar-refractivity contribution is 0.590. The zero-order valence-electron chi connectivity index (χ0n) is 38.3. The summed E-state index contributed by atoms with van der Waals surface area (Å²) in [6.45, 7) is 23.3. The number of fused-ring (bicyclic) bond motifs is 9. The first-order valence-corrected chi connectivity index (χ1v) is 24.3. The molecule has 2 aromatic heterocycles. The first-order chi connectivity index (χ1) is 30.1. The molecule has 0 unspecified atom stereocenters. The van der Waals surface area contributed by atoms with E-state index >= 15 is 0 Å². The van der Waals surface area contributed by atoms with E-state index < -0.39 is 0 Å². The van der Waals surface area contributed by atoms with Gasteiger partial charge in [-0.05, 0) is 134 Å². The standard InChI is InChI=1S/C58H55BN2S2/c1-11-35-19-27-47-45(31-35)59-53-48(60(40-25-21-37(22-26-40)56(2,3)4)54-44-34-39(58(8,9)10)24-30-52(44)63-55(54)59)16-14-17-49(53)61(47)46-28-23-38(57(5,6)7)33-42(46)36-20-29-51-43(32-36)41-15-12-13-18-50(41)62-51/h12-34H,11H2,1-10H3. The maximum Gasteiger partial charge on any atom is 0.264 e. The normalized spacial score (nSPS) is 13.8. The molecule has 0 bridgehead atoms.